The number of nitrogens with two attached hydrogens (primary N) is 1. The third-order valence-electron chi connectivity index (χ3n) is 2.90. The van der Waals surface area contributed by atoms with Crippen molar-refractivity contribution in [1.29, 1.82) is 0 Å². The minimum Gasteiger partial charge on any atom is -0.462 e. The van der Waals surface area contributed by atoms with Crippen molar-refractivity contribution in [2.45, 2.75) is 6.92 Å². The van der Waals surface area contributed by atoms with Crippen LogP contribution in [0.1, 0.15) is 18.1 Å². The highest BCUT2D eigenvalue weighted by atomic mass is 16.5. The molecule has 3 nitrogen and oxygen atoms in total. The highest BCUT2D eigenvalue weighted by Gasteiger charge is 2.18. The lowest BCUT2D eigenvalue weighted by Gasteiger charge is -2.11. The zero-order valence-electron chi connectivity index (χ0n) is 11.4. The summed E-state index contributed by atoms with van der Waals surface area (Å²) in [5.41, 5.74) is 8.57. The van der Waals surface area contributed by atoms with E-state index in [1.807, 2.05) is 60.7 Å². The van der Waals surface area contributed by atoms with Gasteiger partial charge in [-0.1, -0.05) is 60.7 Å². The second kappa shape index (κ2) is 6.57. The molecule has 2 rings (SSSR count). The molecule has 2 N–H and O–H groups in total. The van der Waals surface area contributed by atoms with Gasteiger partial charge < -0.3 is 10.5 Å². The first-order chi connectivity index (χ1) is 9.74. The molecule has 0 bridgehead atoms. The predicted molar refractivity (Wildman–Crippen MR) is 80.5 cm³/mol. The van der Waals surface area contributed by atoms with E-state index in [0.717, 1.165) is 11.1 Å². The van der Waals surface area contributed by atoms with E-state index < -0.39 is 5.97 Å². The monoisotopic (exact) mass is 267 g/mol. The number of benzene rings is 2. The summed E-state index contributed by atoms with van der Waals surface area (Å²) in [4.78, 5) is 12.2. The Morgan fingerprint density at radius 3 is 1.95 bits per heavy atom. The molecule has 0 amide bonds. The highest BCUT2D eigenvalue weighted by Crippen LogP contribution is 2.24. The van der Waals surface area contributed by atoms with E-state index in [4.69, 9.17) is 10.5 Å². The second-order valence-corrected chi connectivity index (χ2v) is 4.24. The van der Waals surface area contributed by atoms with Crippen LogP contribution >= 0.6 is 0 Å². The molecule has 0 aliphatic carbocycles. The van der Waals surface area contributed by atoms with Gasteiger partial charge in [-0.3, -0.25) is 0 Å². The summed E-state index contributed by atoms with van der Waals surface area (Å²) in [6, 6.07) is 18.7. The van der Waals surface area contributed by atoms with E-state index in [-0.39, 0.29) is 0 Å². The Labute approximate surface area is 118 Å². The number of ether oxygens (including phenoxy) is 1. The van der Waals surface area contributed by atoms with Crippen LogP contribution in [-0.4, -0.2) is 12.6 Å². The third-order valence-corrected chi connectivity index (χ3v) is 2.90. The Balaban J connectivity index is 2.54. The van der Waals surface area contributed by atoms with Gasteiger partial charge in [0.05, 0.1) is 17.9 Å². The average molecular weight is 267 g/mol. The smallest absolute Gasteiger partial charge is 0.340 e. The van der Waals surface area contributed by atoms with E-state index in [0.29, 0.717) is 17.9 Å². The zero-order valence-corrected chi connectivity index (χ0v) is 11.4. The van der Waals surface area contributed by atoms with Crippen LogP contribution < -0.4 is 5.73 Å². The van der Waals surface area contributed by atoms with Crippen LogP contribution in [-0.2, 0) is 9.53 Å². The van der Waals surface area contributed by atoms with E-state index in [2.05, 4.69) is 0 Å². The molecule has 2 aromatic rings. The van der Waals surface area contributed by atoms with Gasteiger partial charge in [-0.2, -0.15) is 0 Å². The standard InChI is InChI=1S/C17H17NO2/c1-2-20-17(19)15(13-9-5-3-6-10-13)16(18)14-11-7-4-8-12-14/h3-12H,2,18H2,1H3. The van der Waals surface area contributed by atoms with Crippen molar-refractivity contribution in [2.24, 2.45) is 5.73 Å². The fourth-order valence-corrected chi connectivity index (χ4v) is 1.95. The average Bonchev–Trinajstić information content (AvgIpc) is 2.50. The third kappa shape index (κ3) is 3.06. The summed E-state index contributed by atoms with van der Waals surface area (Å²) in [5, 5.41) is 0. The summed E-state index contributed by atoms with van der Waals surface area (Å²) >= 11 is 0. The summed E-state index contributed by atoms with van der Waals surface area (Å²) < 4.78 is 5.12. The SMILES string of the molecule is CCOC(=O)C(=C(N)c1ccccc1)c1ccccc1. The van der Waals surface area contributed by atoms with Crippen molar-refractivity contribution >= 4 is 17.2 Å². The topological polar surface area (TPSA) is 52.3 Å². The fraction of sp³-hybridized carbons (Fsp3) is 0.118. The molecule has 0 spiro atoms. The maximum absolute atomic E-state index is 12.2. The van der Waals surface area contributed by atoms with Crippen molar-refractivity contribution < 1.29 is 9.53 Å². The van der Waals surface area contributed by atoms with Crippen molar-refractivity contribution in [2.75, 3.05) is 6.61 Å². The Morgan fingerprint density at radius 1 is 0.950 bits per heavy atom. The molecule has 2 aromatic carbocycles. The molecule has 0 radical (unpaired) electrons. The molecule has 3 heteroatoms. The Hall–Kier alpha value is -2.55. The van der Waals surface area contributed by atoms with Gasteiger partial charge >= 0.3 is 5.97 Å². The van der Waals surface area contributed by atoms with Gasteiger partial charge in [-0.15, -0.1) is 0 Å². The van der Waals surface area contributed by atoms with Gasteiger partial charge in [-0.05, 0) is 18.1 Å². The van der Waals surface area contributed by atoms with Crippen LogP contribution in [0, 0.1) is 0 Å². The first-order valence-electron chi connectivity index (χ1n) is 6.51. The van der Waals surface area contributed by atoms with Gasteiger partial charge in [0.25, 0.3) is 0 Å². The Morgan fingerprint density at radius 2 is 1.45 bits per heavy atom. The van der Waals surface area contributed by atoms with Crippen LogP contribution in [0.25, 0.3) is 11.3 Å². The maximum Gasteiger partial charge on any atom is 0.340 e. The van der Waals surface area contributed by atoms with Crippen molar-refractivity contribution in [3.63, 3.8) is 0 Å². The Bertz CT molecular complexity index is 603. The van der Waals surface area contributed by atoms with E-state index in [9.17, 15) is 4.79 Å². The molecule has 0 saturated carbocycles. The molecule has 0 unspecified atom stereocenters. The number of rotatable bonds is 4. The second-order valence-electron chi connectivity index (χ2n) is 4.24. The molecule has 0 aliphatic heterocycles. The first-order valence-corrected chi connectivity index (χ1v) is 6.51. The van der Waals surface area contributed by atoms with Crippen LogP contribution in [0.3, 0.4) is 0 Å². The minimum atomic E-state index is -0.403. The number of hydrogen-bond donors (Lipinski definition) is 1. The molecular formula is C17H17NO2. The molecule has 102 valence electrons. The number of hydrogen-bond acceptors (Lipinski definition) is 3. The van der Waals surface area contributed by atoms with Gasteiger partial charge in [0.15, 0.2) is 0 Å². The lowest BCUT2D eigenvalue weighted by atomic mass is 10.00. The molecule has 0 aliphatic rings. The van der Waals surface area contributed by atoms with Gasteiger partial charge in [0.2, 0.25) is 0 Å². The summed E-state index contributed by atoms with van der Waals surface area (Å²) in [7, 11) is 0. The molecule has 0 heterocycles. The molecule has 0 aromatic heterocycles. The zero-order chi connectivity index (χ0) is 14.4. The van der Waals surface area contributed by atoms with Crippen LogP contribution in [0.4, 0.5) is 0 Å². The van der Waals surface area contributed by atoms with Gasteiger partial charge in [-0.25, -0.2) is 4.79 Å². The largest absolute Gasteiger partial charge is 0.462 e. The Kier molecular flexibility index (Phi) is 4.56. The van der Waals surface area contributed by atoms with Gasteiger partial charge in [0, 0.05) is 0 Å². The predicted octanol–water partition coefficient (Wildman–Crippen LogP) is 3.08. The minimum absolute atomic E-state index is 0.317. The number of carbonyl (C=O) groups is 1. The van der Waals surface area contributed by atoms with E-state index in [1.54, 1.807) is 6.92 Å². The van der Waals surface area contributed by atoms with E-state index >= 15 is 0 Å². The molecule has 0 fully saturated rings. The quantitative estimate of drug-likeness (QED) is 0.526. The summed E-state index contributed by atoms with van der Waals surface area (Å²) in [5.74, 6) is -0.403. The lowest BCUT2D eigenvalue weighted by molar-refractivity contribution is -0.136. The van der Waals surface area contributed by atoms with Crippen LogP contribution in [0.15, 0.2) is 60.7 Å². The van der Waals surface area contributed by atoms with Crippen LogP contribution in [0.5, 0.6) is 0 Å². The van der Waals surface area contributed by atoms with Crippen molar-refractivity contribution in [3.8, 4) is 0 Å². The highest BCUT2D eigenvalue weighted by molar-refractivity contribution is 6.24. The van der Waals surface area contributed by atoms with E-state index in [1.165, 1.54) is 0 Å². The normalized spacial score (nSPS) is 11.7. The lowest BCUT2D eigenvalue weighted by Crippen LogP contribution is -2.12. The van der Waals surface area contributed by atoms with Gasteiger partial charge in [0.1, 0.15) is 0 Å². The number of carbonyl (C=O) groups excluding carboxylic acids is 1. The number of esters is 1. The van der Waals surface area contributed by atoms with Crippen LogP contribution in [0.2, 0.25) is 0 Å². The molecular weight excluding hydrogens is 250 g/mol. The molecule has 20 heavy (non-hydrogen) atoms. The summed E-state index contributed by atoms with van der Waals surface area (Å²) in [6.45, 7) is 2.09. The first kappa shape index (κ1) is 13.9. The summed E-state index contributed by atoms with van der Waals surface area (Å²) in [6.07, 6.45) is 0. The van der Waals surface area contributed by atoms with Crippen molar-refractivity contribution in [1.82, 2.24) is 0 Å². The van der Waals surface area contributed by atoms with Crippen molar-refractivity contribution in [3.05, 3.63) is 71.8 Å². The molecule has 0 atom stereocenters. The fourth-order valence-electron chi connectivity index (χ4n) is 1.95. The maximum atomic E-state index is 12.2. The molecule has 0 saturated heterocycles.